The minimum atomic E-state index is -0.189. The summed E-state index contributed by atoms with van der Waals surface area (Å²) in [5.41, 5.74) is 0.702. The fourth-order valence-electron chi connectivity index (χ4n) is 2.65. The zero-order valence-corrected chi connectivity index (χ0v) is 20.2. The molecule has 10 heteroatoms. The van der Waals surface area contributed by atoms with Crippen LogP contribution in [0.4, 0.5) is 11.4 Å². The molecule has 0 fully saturated rings. The van der Waals surface area contributed by atoms with E-state index < -0.39 is 0 Å². The van der Waals surface area contributed by atoms with Gasteiger partial charge in [0, 0.05) is 22.9 Å². The lowest BCUT2D eigenvalue weighted by Crippen LogP contribution is -2.12. The highest BCUT2D eigenvalue weighted by atomic mass is 35.5. The van der Waals surface area contributed by atoms with Crippen molar-refractivity contribution in [2.24, 2.45) is 0 Å². The van der Waals surface area contributed by atoms with E-state index in [1.165, 1.54) is 24.3 Å². The quantitative estimate of drug-likeness (QED) is 0.319. The minimum absolute atomic E-state index is 0.189. The molecule has 162 valence electrons. The maximum atomic E-state index is 12.1. The predicted molar refractivity (Wildman–Crippen MR) is 128 cm³/mol. The van der Waals surface area contributed by atoms with Crippen LogP contribution < -0.4 is 10.6 Å². The van der Waals surface area contributed by atoms with Crippen LogP contribution in [0.25, 0.3) is 0 Å². The number of carbonyl (C=O) groups is 2. The van der Waals surface area contributed by atoms with E-state index in [9.17, 15) is 9.59 Å². The third-order valence-corrected chi connectivity index (χ3v) is 5.73. The summed E-state index contributed by atoms with van der Waals surface area (Å²) < 4.78 is 0. The fraction of sp³-hybridized carbons (Fsp3) is 0.300. The zero-order valence-electron chi connectivity index (χ0n) is 15.6. The highest BCUT2D eigenvalue weighted by Crippen LogP contribution is 2.34. The van der Waals surface area contributed by atoms with E-state index in [1.807, 2.05) is 0 Å². The summed E-state index contributed by atoms with van der Waals surface area (Å²) in [5.74, 6) is -0.378. The molecule has 2 amide bonds. The van der Waals surface area contributed by atoms with Crippen LogP contribution in [0.2, 0.25) is 30.1 Å². The van der Waals surface area contributed by atoms with Crippen LogP contribution in [0, 0.1) is 0 Å². The van der Waals surface area contributed by atoms with Crippen LogP contribution in [0.15, 0.2) is 24.3 Å². The zero-order chi connectivity index (χ0) is 22.3. The molecule has 0 unspecified atom stereocenters. The summed E-state index contributed by atoms with van der Waals surface area (Å²) in [5, 5.41) is 7.33. The van der Waals surface area contributed by atoms with Gasteiger partial charge in [0.2, 0.25) is 11.8 Å². The third kappa shape index (κ3) is 7.99. The first-order chi connectivity index (χ1) is 14.2. The van der Waals surface area contributed by atoms with Crippen LogP contribution in [0.1, 0.15) is 38.5 Å². The molecule has 0 heterocycles. The van der Waals surface area contributed by atoms with E-state index in [1.54, 1.807) is 0 Å². The fourth-order valence-corrected chi connectivity index (χ4v) is 4.47. The number of amides is 2. The Morgan fingerprint density at radius 1 is 0.567 bits per heavy atom. The van der Waals surface area contributed by atoms with Crippen molar-refractivity contribution in [2.75, 3.05) is 10.6 Å². The van der Waals surface area contributed by atoms with Crippen molar-refractivity contribution in [1.82, 2.24) is 0 Å². The van der Waals surface area contributed by atoms with E-state index in [-0.39, 0.29) is 31.9 Å². The molecule has 0 aliphatic carbocycles. The molecule has 2 rings (SSSR count). The Bertz CT molecular complexity index is 814. The van der Waals surface area contributed by atoms with Crippen molar-refractivity contribution < 1.29 is 9.59 Å². The van der Waals surface area contributed by atoms with Crippen molar-refractivity contribution in [3.8, 4) is 0 Å². The van der Waals surface area contributed by atoms with Crippen LogP contribution >= 0.6 is 69.6 Å². The normalized spacial score (nSPS) is 10.7. The lowest BCUT2D eigenvalue weighted by atomic mass is 10.1. The van der Waals surface area contributed by atoms with Gasteiger partial charge in [0.25, 0.3) is 0 Å². The predicted octanol–water partition coefficient (Wildman–Crippen LogP) is 8.52. The van der Waals surface area contributed by atoms with Crippen molar-refractivity contribution in [1.29, 1.82) is 0 Å². The number of hydrogen-bond donors (Lipinski definition) is 2. The Hall–Kier alpha value is -0.880. The average Bonchev–Trinajstić information content (AvgIpc) is 2.64. The van der Waals surface area contributed by atoms with Crippen molar-refractivity contribution in [3.63, 3.8) is 0 Å². The molecule has 0 aromatic heterocycles. The molecule has 30 heavy (non-hydrogen) atoms. The van der Waals surface area contributed by atoms with Gasteiger partial charge in [0.1, 0.15) is 0 Å². The van der Waals surface area contributed by atoms with Gasteiger partial charge in [0.15, 0.2) is 0 Å². The topological polar surface area (TPSA) is 58.2 Å². The second-order valence-electron chi connectivity index (χ2n) is 6.50. The number of rotatable bonds is 9. The molecule has 0 aliphatic heterocycles. The first-order valence-corrected chi connectivity index (χ1v) is 11.3. The summed E-state index contributed by atoms with van der Waals surface area (Å²) >= 11 is 35.9. The van der Waals surface area contributed by atoms with Gasteiger partial charge in [-0.25, -0.2) is 0 Å². The number of halogens is 6. The number of carbonyl (C=O) groups excluding carboxylic acids is 2. The molecule has 0 radical (unpaired) electrons. The van der Waals surface area contributed by atoms with Gasteiger partial charge in [-0.15, -0.1) is 0 Å². The standard InChI is InChI=1S/C20H18Cl6N2O2/c21-11-7-13(23)19(14(24)8-11)27-17(29)5-3-1-2-4-6-18(30)28-20-15(25)9-12(22)10-16(20)26/h7-10H,1-6H2,(H,27,29)(H,28,30). The molecule has 4 nitrogen and oxygen atoms in total. The van der Waals surface area contributed by atoms with Crippen molar-refractivity contribution >= 4 is 92.8 Å². The average molecular weight is 531 g/mol. The van der Waals surface area contributed by atoms with Crippen LogP contribution in [-0.2, 0) is 9.59 Å². The van der Waals surface area contributed by atoms with Gasteiger partial charge in [0.05, 0.1) is 31.5 Å². The lowest BCUT2D eigenvalue weighted by Gasteiger charge is -2.10. The molecule has 0 atom stereocenters. The number of hydrogen-bond acceptors (Lipinski definition) is 2. The molecular formula is C20H18Cl6N2O2. The number of nitrogens with one attached hydrogen (secondary N) is 2. The summed E-state index contributed by atoms with van der Waals surface area (Å²) in [6.07, 6.45) is 3.57. The van der Waals surface area contributed by atoms with Gasteiger partial charge >= 0.3 is 0 Å². The van der Waals surface area contributed by atoms with Crippen LogP contribution in [0.3, 0.4) is 0 Å². The monoisotopic (exact) mass is 528 g/mol. The maximum absolute atomic E-state index is 12.1. The van der Waals surface area contributed by atoms with Crippen molar-refractivity contribution in [3.05, 3.63) is 54.4 Å². The molecule has 0 spiro atoms. The van der Waals surface area contributed by atoms with Gasteiger partial charge in [-0.3, -0.25) is 9.59 Å². The smallest absolute Gasteiger partial charge is 0.224 e. The van der Waals surface area contributed by atoms with Crippen molar-refractivity contribution in [2.45, 2.75) is 38.5 Å². The summed E-state index contributed by atoms with van der Waals surface area (Å²) in [6, 6.07) is 6.06. The molecule has 2 aromatic rings. The van der Waals surface area contributed by atoms with Gasteiger partial charge in [-0.05, 0) is 37.1 Å². The Morgan fingerprint density at radius 2 is 0.867 bits per heavy atom. The van der Waals surface area contributed by atoms with E-state index in [2.05, 4.69) is 10.6 Å². The molecule has 0 bridgehead atoms. The largest absolute Gasteiger partial charge is 0.324 e. The summed E-state index contributed by atoms with van der Waals surface area (Å²) in [4.78, 5) is 24.1. The lowest BCUT2D eigenvalue weighted by molar-refractivity contribution is -0.117. The van der Waals surface area contributed by atoms with Crippen LogP contribution in [0.5, 0.6) is 0 Å². The first kappa shape index (κ1) is 25.4. The molecule has 0 saturated heterocycles. The SMILES string of the molecule is O=C(CCCCCCC(=O)Nc1c(Cl)cc(Cl)cc1Cl)Nc1c(Cl)cc(Cl)cc1Cl. The Balaban J connectivity index is 1.66. The Labute approximate surface area is 205 Å². The summed E-state index contributed by atoms with van der Waals surface area (Å²) in [6.45, 7) is 0. The van der Waals surface area contributed by atoms with E-state index in [0.717, 1.165) is 12.8 Å². The molecule has 2 aromatic carbocycles. The Kier molecular flexibility index (Phi) is 10.3. The van der Waals surface area contributed by atoms with E-state index in [0.29, 0.717) is 47.1 Å². The minimum Gasteiger partial charge on any atom is -0.324 e. The highest BCUT2D eigenvalue weighted by molar-refractivity contribution is 6.43. The second kappa shape index (κ2) is 12.2. The highest BCUT2D eigenvalue weighted by Gasteiger charge is 2.12. The number of anilines is 2. The van der Waals surface area contributed by atoms with Gasteiger partial charge in [-0.2, -0.15) is 0 Å². The van der Waals surface area contributed by atoms with Crippen LogP contribution in [-0.4, -0.2) is 11.8 Å². The second-order valence-corrected chi connectivity index (χ2v) is 9.00. The first-order valence-electron chi connectivity index (χ1n) is 9.06. The Morgan fingerprint density at radius 3 is 1.17 bits per heavy atom. The number of benzene rings is 2. The molecule has 0 saturated carbocycles. The molecule has 0 aliphatic rings. The number of unbranched alkanes of at least 4 members (excludes halogenated alkanes) is 3. The van der Waals surface area contributed by atoms with Gasteiger partial charge in [-0.1, -0.05) is 82.4 Å². The molecular weight excluding hydrogens is 513 g/mol. The van der Waals surface area contributed by atoms with E-state index >= 15 is 0 Å². The maximum Gasteiger partial charge on any atom is 0.224 e. The molecule has 2 N–H and O–H groups in total. The van der Waals surface area contributed by atoms with E-state index in [4.69, 9.17) is 69.6 Å². The van der Waals surface area contributed by atoms with Gasteiger partial charge < -0.3 is 10.6 Å². The third-order valence-electron chi connectivity index (χ3n) is 4.10. The summed E-state index contributed by atoms with van der Waals surface area (Å²) in [7, 11) is 0.